The van der Waals surface area contributed by atoms with E-state index >= 15 is 0 Å². The van der Waals surface area contributed by atoms with Gasteiger partial charge in [-0.2, -0.15) is 4.31 Å². The summed E-state index contributed by atoms with van der Waals surface area (Å²) >= 11 is 0. The SMILES string of the molecule is C[C@@H]1CCCC[C@H]1NC(=O)[C@@H](C)[NH+]1CCN(S(=O)(=O)c2cccc(F)c2)CC1. The molecule has 3 rings (SSSR count). The van der Waals surface area contributed by atoms with Crippen molar-refractivity contribution >= 4 is 15.9 Å². The van der Waals surface area contributed by atoms with Gasteiger partial charge in [0, 0.05) is 6.04 Å². The highest BCUT2D eigenvalue weighted by molar-refractivity contribution is 7.89. The van der Waals surface area contributed by atoms with Gasteiger partial charge in [0.25, 0.3) is 5.91 Å². The molecule has 0 bridgehead atoms. The Morgan fingerprint density at radius 2 is 1.93 bits per heavy atom. The molecule has 6 nitrogen and oxygen atoms in total. The van der Waals surface area contributed by atoms with Gasteiger partial charge in [0.1, 0.15) is 5.82 Å². The molecular formula is C20H31FN3O3S+. The van der Waals surface area contributed by atoms with Gasteiger partial charge >= 0.3 is 0 Å². The summed E-state index contributed by atoms with van der Waals surface area (Å²) in [5.74, 6) is -0.00378. The molecule has 0 aromatic heterocycles. The smallest absolute Gasteiger partial charge is 0.278 e. The maximum atomic E-state index is 13.4. The van der Waals surface area contributed by atoms with E-state index in [1.165, 1.54) is 28.9 Å². The van der Waals surface area contributed by atoms with Crippen molar-refractivity contribution in [3.05, 3.63) is 30.1 Å². The van der Waals surface area contributed by atoms with Crippen LogP contribution in [0.15, 0.2) is 29.2 Å². The molecule has 2 fully saturated rings. The summed E-state index contributed by atoms with van der Waals surface area (Å²) in [5.41, 5.74) is 0. The van der Waals surface area contributed by atoms with E-state index in [4.69, 9.17) is 0 Å². The van der Waals surface area contributed by atoms with Crippen LogP contribution in [0.4, 0.5) is 4.39 Å². The van der Waals surface area contributed by atoms with E-state index in [0.29, 0.717) is 32.1 Å². The molecule has 1 aromatic carbocycles. The van der Waals surface area contributed by atoms with Gasteiger partial charge in [-0.05, 0) is 43.9 Å². The third-order valence-electron chi connectivity index (χ3n) is 6.24. The van der Waals surface area contributed by atoms with Gasteiger partial charge in [0.15, 0.2) is 6.04 Å². The summed E-state index contributed by atoms with van der Waals surface area (Å²) in [7, 11) is -3.70. The third-order valence-corrected chi connectivity index (χ3v) is 8.14. The number of hydrogen-bond acceptors (Lipinski definition) is 3. The van der Waals surface area contributed by atoms with Crippen LogP contribution in [0.5, 0.6) is 0 Å². The zero-order valence-electron chi connectivity index (χ0n) is 16.7. The first-order chi connectivity index (χ1) is 13.3. The predicted octanol–water partition coefficient (Wildman–Crippen LogP) is 0.798. The van der Waals surface area contributed by atoms with Gasteiger partial charge in [-0.25, -0.2) is 12.8 Å². The predicted molar refractivity (Wildman–Crippen MR) is 105 cm³/mol. The first kappa shape index (κ1) is 21.2. The van der Waals surface area contributed by atoms with E-state index in [1.54, 1.807) is 0 Å². The first-order valence-electron chi connectivity index (χ1n) is 10.2. The highest BCUT2D eigenvalue weighted by atomic mass is 32.2. The van der Waals surface area contributed by atoms with Crippen molar-refractivity contribution in [1.82, 2.24) is 9.62 Å². The van der Waals surface area contributed by atoms with E-state index in [1.807, 2.05) is 6.92 Å². The van der Waals surface area contributed by atoms with Crippen molar-refractivity contribution in [1.29, 1.82) is 0 Å². The molecule has 0 radical (unpaired) electrons. The van der Waals surface area contributed by atoms with Crippen LogP contribution in [0.3, 0.4) is 0 Å². The topological polar surface area (TPSA) is 70.9 Å². The van der Waals surface area contributed by atoms with Gasteiger partial charge in [-0.3, -0.25) is 4.79 Å². The Labute approximate surface area is 167 Å². The molecule has 2 N–H and O–H groups in total. The van der Waals surface area contributed by atoms with Crippen LogP contribution in [0.2, 0.25) is 0 Å². The molecule has 1 amide bonds. The molecule has 1 saturated heterocycles. The molecule has 0 unspecified atom stereocenters. The number of hydrogen-bond donors (Lipinski definition) is 2. The first-order valence-corrected chi connectivity index (χ1v) is 11.6. The number of nitrogens with one attached hydrogen (secondary N) is 2. The van der Waals surface area contributed by atoms with E-state index in [-0.39, 0.29) is 22.9 Å². The summed E-state index contributed by atoms with van der Waals surface area (Å²) in [5, 5.41) is 3.21. The van der Waals surface area contributed by atoms with E-state index < -0.39 is 15.8 Å². The fraction of sp³-hybridized carbons (Fsp3) is 0.650. The number of piperazine rings is 1. The zero-order valence-corrected chi connectivity index (χ0v) is 17.5. The largest absolute Gasteiger partial charge is 0.348 e. The number of nitrogens with zero attached hydrogens (tertiary/aromatic N) is 1. The van der Waals surface area contributed by atoms with Crippen molar-refractivity contribution in [2.45, 2.75) is 56.5 Å². The van der Waals surface area contributed by atoms with Crippen LogP contribution in [-0.4, -0.2) is 56.9 Å². The minimum atomic E-state index is -3.70. The van der Waals surface area contributed by atoms with Crippen LogP contribution >= 0.6 is 0 Å². The number of sulfonamides is 1. The Morgan fingerprint density at radius 1 is 1.25 bits per heavy atom. The minimum Gasteiger partial charge on any atom is -0.348 e. The van der Waals surface area contributed by atoms with Crippen molar-refractivity contribution < 1.29 is 22.5 Å². The summed E-state index contributed by atoms with van der Waals surface area (Å²) in [6.07, 6.45) is 4.58. The Kier molecular flexibility index (Phi) is 6.73. The van der Waals surface area contributed by atoms with E-state index in [2.05, 4.69) is 12.2 Å². The lowest BCUT2D eigenvalue weighted by atomic mass is 9.86. The standard InChI is InChI=1S/C20H30FN3O3S/c1-15-6-3-4-9-19(15)22-20(25)16(2)23-10-12-24(13-11-23)28(26,27)18-8-5-7-17(21)14-18/h5,7-8,14-16,19H,3-4,6,9-13H2,1-2H3,(H,22,25)/p+1/t15-,16-,19-/m1/s1. The summed E-state index contributed by atoms with van der Waals surface area (Å²) in [4.78, 5) is 13.8. The monoisotopic (exact) mass is 412 g/mol. The lowest BCUT2D eigenvalue weighted by Gasteiger charge is -2.35. The number of amides is 1. The van der Waals surface area contributed by atoms with Gasteiger partial charge in [0.2, 0.25) is 10.0 Å². The fourth-order valence-corrected chi connectivity index (χ4v) is 5.72. The van der Waals surface area contributed by atoms with Crippen LogP contribution in [0.1, 0.15) is 39.5 Å². The van der Waals surface area contributed by atoms with E-state index in [0.717, 1.165) is 30.2 Å². The summed E-state index contributed by atoms with van der Waals surface area (Å²) in [6.45, 7) is 5.87. The lowest BCUT2D eigenvalue weighted by Crippen LogP contribution is -3.19. The molecule has 1 saturated carbocycles. The molecule has 1 aliphatic heterocycles. The molecule has 28 heavy (non-hydrogen) atoms. The Hall–Kier alpha value is -1.51. The van der Waals surface area contributed by atoms with Crippen LogP contribution in [0.25, 0.3) is 0 Å². The van der Waals surface area contributed by atoms with Crippen LogP contribution in [0, 0.1) is 11.7 Å². The molecule has 3 atom stereocenters. The quantitative estimate of drug-likeness (QED) is 0.752. The molecule has 0 spiro atoms. The average Bonchev–Trinajstić information content (AvgIpc) is 2.69. The summed E-state index contributed by atoms with van der Waals surface area (Å²) < 4.78 is 40.2. The van der Waals surface area contributed by atoms with Crippen molar-refractivity contribution in [2.24, 2.45) is 5.92 Å². The Balaban J connectivity index is 1.56. The third kappa shape index (κ3) is 4.72. The fourth-order valence-electron chi connectivity index (χ4n) is 4.25. The van der Waals surface area contributed by atoms with Gasteiger partial charge < -0.3 is 10.2 Å². The molecule has 1 aromatic rings. The number of carbonyl (C=O) groups is 1. The highest BCUT2D eigenvalue weighted by Gasteiger charge is 2.35. The number of quaternary nitrogens is 1. The Bertz CT molecular complexity index is 794. The van der Waals surface area contributed by atoms with Crippen molar-refractivity contribution in [3.8, 4) is 0 Å². The number of rotatable bonds is 5. The van der Waals surface area contributed by atoms with Gasteiger partial charge in [-0.15, -0.1) is 0 Å². The molecule has 1 heterocycles. The van der Waals surface area contributed by atoms with Crippen molar-refractivity contribution in [3.63, 3.8) is 0 Å². The molecule has 8 heteroatoms. The molecule has 2 aliphatic rings. The van der Waals surface area contributed by atoms with Crippen LogP contribution < -0.4 is 10.2 Å². The van der Waals surface area contributed by atoms with E-state index in [9.17, 15) is 17.6 Å². The summed E-state index contributed by atoms with van der Waals surface area (Å²) in [6, 6.07) is 5.14. The number of benzene rings is 1. The second-order valence-electron chi connectivity index (χ2n) is 8.12. The maximum Gasteiger partial charge on any atom is 0.278 e. The number of halogens is 1. The Morgan fingerprint density at radius 3 is 2.57 bits per heavy atom. The molecule has 1 aliphatic carbocycles. The minimum absolute atomic E-state index is 0.0203. The van der Waals surface area contributed by atoms with Crippen LogP contribution in [-0.2, 0) is 14.8 Å². The van der Waals surface area contributed by atoms with Gasteiger partial charge in [-0.1, -0.05) is 25.8 Å². The zero-order chi connectivity index (χ0) is 20.3. The second kappa shape index (κ2) is 8.88. The highest BCUT2D eigenvalue weighted by Crippen LogP contribution is 2.23. The van der Waals surface area contributed by atoms with Crippen molar-refractivity contribution in [2.75, 3.05) is 26.2 Å². The number of carbonyl (C=O) groups excluding carboxylic acids is 1. The van der Waals surface area contributed by atoms with Gasteiger partial charge in [0.05, 0.1) is 31.1 Å². The molecule has 156 valence electrons. The maximum absolute atomic E-state index is 13.4. The average molecular weight is 413 g/mol. The molecular weight excluding hydrogens is 381 g/mol. The lowest BCUT2D eigenvalue weighted by molar-refractivity contribution is -0.917. The second-order valence-corrected chi connectivity index (χ2v) is 10.1. The normalized spacial score (nSPS) is 26.0.